The van der Waals surface area contributed by atoms with E-state index in [0.29, 0.717) is 26.6 Å². The van der Waals surface area contributed by atoms with Crippen LogP contribution in [-0.4, -0.2) is 16.3 Å². The molecule has 1 unspecified atom stereocenters. The standard InChI is InChI=1S/C19H16Br2F3NO3/c1-4-12-8(2)16(25-9(12)3)18(27,19(22,23)24)13-6-10-5-11(20)7-14(21)15(10)28-17(13)26/h5-7,25,27H,4H2,1-3H3. The van der Waals surface area contributed by atoms with Gasteiger partial charge in [-0.15, -0.1) is 0 Å². The van der Waals surface area contributed by atoms with Crippen LogP contribution in [0, 0.1) is 13.8 Å². The second kappa shape index (κ2) is 7.03. The van der Waals surface area contributed by atoms with Crippen molar-refractivity contribution in [2.45, 2.75) is 39.0 Å². The molecule has 0 fully saturated rings. The number of fused-ring (bicyclic) bond motifs is 1. The second-order valence-corrected chi connectivity index (χ2v) is 8.31. The molecule has 3 rings (SSSR count). The summed E-state index contributed by atoms with van der Waals surface area (Å²) in [5.41, 5.74) is -4.66. The van der Waals surface area contributed by atoms with E-state index in [1.54, 1.807) is 19.9 Å². The van der Waals surface area contributed by atoms with Gasteiger partial charge in [-0.25, -0.2) is 4.79 Å². The molecule has 2 N–H and O–H groups in total. The van der Waals surface area contributed by atoms with Crippen LogP contribution < -0.4 is 5.63 Å². The molecule has 150 valence electrons. The molecule has 0 radical (unpaired) electrons. The first-order valence-electron chi connectivity index (χ1n) is 8.32. The summed E-state index contributed by atoms with van der Waals surface area (Å²) in [5, 5.41) is 11.2. The van der Waals surface area contributed by atoms with Gasteiger partial charge in [0.15, 0.2) is 5.58 Å². The number of rotatable bonds is 3. The number of H-pyrrole nitrogens is 1. The van der Waals surface area contributed by atoms with E-state index >= 15 is 0 Å². The Kier molecular flexibility index (Phi) is 5.31. The number of aromatic nitrogens is 1. The molecule has 0 saturated heterocycles. The molecule has 0 aliphatic heterocycles. The minimum atomic E-state index is -5.16. The topological polar surface area (TPSA) is 66.2 Å². The summed E-state index contributed by atoms with van der Waals surface area (Å²) in [6.45, 7) is 4.92. The molecule has 2 aromatic heterocycles. The van der Waals surface area contributed by atoms with Crippen molar-refractivity contribution in [1.82, 2.24) is 4.98 Å². The van der Waals surface area contributed by atoms with E-state index in [1.165, 1.54) is 13.0 Å². The molecule has 0 amide bonds. The van der Waals surface area contributed by atoms with Crippen molar-refractivity contribution in [1.29, 1.82) is 0 Å². The highest BCUT2D eigenvalue weighted by Gasteiger charge is 2.60. The molecule has 9 heteroatoms. The third-order valence-electron chi connectivity index (χ3n) is 4.86. The molecule has 0 bridgehead atoms. The van der Waals surface area contributed by atoms with Crippen LogP contribution in [0.1, 0.15) is 35.0 Å². The van der Waals surface area contributed by atoms with Gasteiger partial charge in [-0.1, -0.05) is 22.9 Å². The Hall–Kier alpha value is -1.58. The normalized spacial score (nSPS) is 14.5. The summed E-state index contributed by atoms with van der Waals surface area (Å²) in [7, 11) is 0. The zero-order valence-corrected chi connectivity index (χ0v) is 18.3. The molecule has 0 spiro atoms. The van der Waals surface area contributed by atoms with Gasteiger partial charge in [0.25, 0.3) is 0 Å². The Labute approximate surface area is 175 Å². The maximum absolute atomic E-state index is 14.2. The fourth-order valence-electron chi connectivity index (χ4n) is 3.52. The highest BCUT2D eigenvalue weighted by Crippen LogP contribution is 2.45. The number of hydrogen-bond acceptors (Lipinski definition) is 3. The van der Waals surface area contributed by atoms with E-state index in [1.807, 2.05) is 0 Å². The molecule has 0 aliphatic carbocycles. The summed E-state index contributed by atoms with van der Waals surface area (Å²) in [6, 6.07) is 4.13. The molecule has 0 saturated carbocycles. The summed E-state index contributed by atoms with van der Waals surface area (Å²) in [6.07, 6.45) is -4.68. The molecule has 4 nitrogen and oxygen atoms in total. The first kappa shape index (κ1) is 21.1. The molecule has 0 aliphatic rings. The van der Waals surface area contributed by atoms with E-state index in [4.69, 9.17) is 4.42 Å². The van der Waals surface area contributed by atoms with Gasteiger partial charge in [-0.3, -0.25) is 0 Å². The van der Waals surface area contributed by atoms with Gasteiger partial charge in [-0.2, -0.15) is 13.2 Å². The maximum Gasteiger partial charge on any atom is 0.427 e. The van der Waals surface area contributed by atoms with Gasteiger partial charge in [0.2, 0.25) is 5.60 Å². The fourth-order valence-corrected chi connectivity index (χ4v) is 4.86. The van der Waals surface area contributed by atoms with Gasteiger partial charge in [0.05, 0.1) is 15.7 Å². The van der Waals surface area contributed by atoms with Crippen LogP contribution in [-0.2, 0) is 12.0 Å². The van der Waals surface area contributed by atoms with Crippen LogP contribution in [0.5, 0.6) is 0 Å². The van der Waals surface area contributed by atoms with Crippen LogP contribution in [0.4, 0.5) is 13.2 Å². The zero-order chi connectivity index (χ0) is 21.0. The summed E-state index contributed by atoms with van der Waals surface area (Å²) in [5.74, 6) is 0. The van der Waals surface area contributed by atoms with Gasteiger partial charge < -0.3 is 14.5 Å². The van der Waals surface area contributed by atoms with E-state index < -0.39 is 28.7 Å². The molecule has 3 aromatic rings. The molecular weight excluding hydrogens is 507 g/mol. The average molecular weight is 523 g/mol. The number of nitrogens with one attached hydrogen (secondary N) is 1. The number of aliphatic hydroxyl groups is 1. The van der Waals surface area contributed by atoms with Gasteiger partial charge in [0.1, 0.15) is 0 Å². The van der Waals surface area contributed by atoms with Crippen molar-refractivity contribution in [3.8, 4) is 0 Å². The Morgan fingerprint density at radius 2 is 1.82 bits per heavy atom. The lowest BCUT2D eigenvalue weighted by molar-refractivity contribution is -0.250. The number of aromatic amines is 1. The SMILES string of the molecule is CCc1c(C)[nH]c(C(O)(c2cc3cc(Br)cc(Br)c3oc2=O)C(F)(F)F)c1C. The molecule has 1 aromatic carbocycles. The van der Waals surface area contributed by atoms with Gasteiger partial charge in [-0.05, 0) is 65.5 Å². The van der Waals surface area contributed by atoms with E-state index in [0.717, 1.165) is 6.07 Å². The quantitative estimate of drug-likeness (QED) is 0.438. The lowest BCUT2D eigenvalue weighted by Crippen LogP contribution is -2.47. The van der Waals surface area contributed by atoms with Crippen molar-refractivity contribution >= 4 is 42.8 Å². The minimum Gasteiger partial charge on any atom is -0.421 e. The summed E-state index contributed by atoms with van der Waals surface area (Å²) < 4.78 is 48.6. The summed E-state index contributed by atoms with van der Waals surface area (Å²) in [4.78, 5) is 15.2. The van der Waals surface area contributed by atoms with Crippen molar-refractivity contribution in [2.24, 2.45) is 0 Å². The Morgan fingerprint density at radius 3 is 2.36 bits per heavy atom. The Bertz CT molecular complexity index is 1130. The van der Waals surface area contributed by atoms with Crippen LogP contribution in [0.15, 0.2) is 36.4 Å². The van der Waals surface area contributed by atoms with Crippen molar-refractivity contribution in [3.63, 3.8) is 0 Å². The molecule has 2 heterocycles. The third-order valence-corrected chi connectivity index (χ3v) is 5.91. The largest absolute Gasteiger partial charge is 0.427 e. The van der Waals surface area contributed by atoms with Crippen molar-refractivity contribution < 1.29 is 22.7 Å². The van der Waals surface area contributed by atoms with Crippen LogP contribution >= 0.6 is 31.9 Å². The van der Waals surface area contributed by atoms with Crippen LogP contribution in [0.25, 0.3) is 11.0 Å². The minimum absolute atomic E-state index is 0.0927. The van der Waals surface area contributed by atoms with E-state index in [2.05, 4.69) is 36.8 Å². The van der Waals surface area contributed by atoms with Crippen LogP contribution in [0.2, 0.25) is 0 Å². The van der Waals surface area contributed by atoms with Crippen LogP contribution in [0.3, 0.4) is 0 Å². The van der Waals surface area contributed by atoms with E-state index in [9.17, 15) is 23.1 Å². The predicted molar refractivity (Wildman–Crippen MR) is 107 cm³/mol. The Balaban J connectivity index is 2.42. The first-order valence-corrected chi connectivity index (χ1v) is 9.91. The first-order chi connectivity index (χ1) is 12.9. The maximum atomic E-state index is 14.2. The van der Waals surface area contributed by atoms with Crippen molar-refractivity contribution in [3.05, 3.63) is 65.6 Å². The van der Waals surface area contributed by atoms with Gasteiger partial charge in [0, 0.05) is 15.6 Å². The number of aryl methyl sites for hydroxylation is 1. The third kappa shape index (κ3) is 3.13. The summed E-state index contributed by atoms with van der Waals surface area (Å²) >= 11 is 6.48. The highest BCUT2D eigenvalue weighted by atomic mass is 79.9. The number of hydrogen-bond donors (Lipinski definition) is 2. The lowest BCUT2D eigenvalue weighted by Gasteiger charge is -2.30. The second-order valence-electron chi connectivity index (χ2n) is 6.54. The Morgan fingerprint density at radius 1 is 1.18 bits per heavy atom. The molecular formula is C19H16Br2F3NO3. The monoisotopic (exact) mass is 521 g/mol. The predicted octanol–water partition coefficient (Wildman–Crippen LogP) is 5.62. The number of alkyl halides is 3. The molecule has 1 atom stereocenters. The highest BCUT2D eigenvalue weighted by molar-refractivity contribution is 9.11. The smallest absolute Gasteiger partial charge is 0.421 e. The lowest BCUT2D eigenvalue weighted by atomic mass is 9.87. The average Bonchev–Trinajstić information content (AvgIpc) is 2.87. The number of benzene rings is 1. The van der Waals surface area contributed by atoms with Gasteiger partial charge >= 0.3 is 11.8 Å². The van der Waals surface area contributed by atoms with Crippen molar-refractivity contribution in [2.75, 3.05) is 0 Å². The number of halogens is 5. The van der Waals surface area contributed by atoms with E-state index in [-0.39, 0.29) is 16.5 Å². The zero-order valence-electron chi connectivity index (χ0n) is 15.1. The fraction of sp³-hybridized carbons (Fsp3) is 0.316. The molecule has 28 heavy (non-hydrogen) atoms.